The molecule has 0 aliphatic rings. The number of halogens is 1. The van der Waals surface area contributed by atoms with Gasteiger partial charge in [0.1, 0.15) is 11.5 Å². The summed E-state index contributed by atoms with van der Waals surface area (Å²) in [7, 11) is 0. The number of anilines is 1. The van der Waals surface area contributed by atoms with Gasteiger partial charge in [0.15, 0.2) is 0 Å². The lowest BCUT2D eigenvalue weighted by molar-refractivity contribution is -0.384. The molecule has 0 saturated heterocycles. The maximum absolute atomic E-state index is 13.4. The van der Waals surface area contributed by atoms with Crippen LogP contribution in [0.15, 0.2) is 12.1 Å². The van der Waals surface area contributed by atoms with Crippen molar-refractivity contribution in [1.29, 1.82) is 5.26 Å². The molecular formula is C13H16FN3O2. The lowest BCUT2D eigenvalue weighted by atomic mass is 10.1. The molecule has 0 heterocycles. The van der Waals surface area contributed by atoms with Gasteiger partial charge in [0.25, 0.3) is 5.69 Å². The fourth-order valence-corrected chi connectivity index (χ4v) is 1.82. The minimum absolute atomic E-state index is 0.259. The molecule has 1 atom stereocenters. The van der Waals surface area contributed by atoms with E-state index >= 15 is 0 Å². The zero-order chi connectivity index (χ0) is 14.6. The Kier molecular flexibility index (Phi) is 4.81. The average molecular weight is 265 g/mol. The van der Waals surface area contributed by atoms with Crippen molar-refractivity contribution in [1.82, 2.24) is 0 Å². The molecule has 5 nitrogen and oxygen atoms in total. The monoisotopic (exact) mass is 265 g/mol. The quantitative estimate of drug-likeness (QED) is 0.606. The third-order valence-corrected chi connectivity index (χ3v) is 2.89. The Labute approximate surface area is 111 Å². The fraction of sp³-hybridized carbons (Fsp3) is 0.462. The zero-order valence-corrected chi connectivity index (χ0v) is 11.2. The Balaban J connectivity index is 3.26. The molecule has 0 bridgehead atoms. The number of nitro benzene ring substituents is 1. The molecule has 6 heteroatoms. The Morgan fingerprint density at radius 2 is 2.21 bits per heavy atom. The van der Waals surface area contributed by atoms with E-state index < -0.39 is 10.7 Å². The molecule has 0 spiro atoms. The summed E-state index contributed by atoms with van der Waals surface area (Å²) in [6.45, 7) is 6.03. The molecule has 0 saturated carbocycles. The van der Waals surface area contributed by atoms with E-state index in [4.69, 9.17) is 5.26 Å². The van der Waals surface area contributed by atoms with Crippen LogP contribution in [-0.2, 0) is 0 Å². The first-order valence-electron chi connectivity index (χ1n) is 5.99. The van der Waals surface area contributed by atoms with Crippen LogP contribution in [0.5, 0.6) is 0 Å². The Bertz CT molecular complexity index is 525. The number of nitriles is 1. The number of nitro groups is 1. The number of aryl methyl sites for hydroxylation is 1. The van der Waals surface area contributed by atoms with Gasteiger partial charge in [-0.1, -0.05) is 0 Å². The van der Waals surface area contributed by atoms with E-state index in [1.165, 1.54) is 6.07 Å². The van der Waals surface area contributed by atoms with Gasteiger partial charge in [-0.05, 0) is 32.4 Å². The molecule has 1 aromatic carbocycles. The van der Waals surface area contributed by atoms with Crippen molar-refractivity contribution < 1.29 is 9.31 Å². The maximum atomic E-state index is 13.4. The Morgan fingerprint density at radius 1 is 1.58 bits per heavy atom. The lowest BCUT2D eigenvalue weighted by Crippen LogP contribution is -2.28. The first kappa shape index (κ1) is 14.9. The van der Waals surface area contributed by atoms with Crippen LogP contribution in [0.3, 0.4) is 0 Å². The second kappa shape index (κ2) is 6.14. The number of rotatable bonds is 5. The third-order valence-electron chi connectivity index (χ3n) is 2.89. The summed E-state index contributed by atoms with van der Waals surface area (Å²) in [6.07, 6.45) is 0. The number of benzene rings is 1. The highest BCUT2D eigenvalue weighted by atomic mass is 19.1. The molecule has 1 aromatic rings. The highest BCUT2D eigenvalue weighted by molar-refractivity contribution is 5.64. The minimum atomic E-state index is -0.600. The van der Waals surface area contributed by atoms with E-state index in [-0.39, 0.29) is 11.6 Å². The molecule has 0 radical (unpaired) electrons. The van der Waals surface area contributed by atoms with Crippen molar-refractivity contribution in [3.05, 3.63) is 33.6 Å². The number of nitrogens with zero attached hydrogens (tertiary/aromatic N) is 3. The van der Waals surface area contributed by atoms with Crippen LogP contribution < -0.4 is 4.90 Å². The van der Waals surface area contributed by atoms with E-state index in [2.05, 4.69) is 6.07 Å². The zero-order valence-electron chi connectivity index (χ0n) is 11.2. The fourth-order valence-electron chi connectivity index (χ4n) is 1.82. The van der Waals surface area contributed by atoms with Crippen LogP contribution in [0, 0.1) is 40.1 Å². The first-order chi connectivity index (χ1) is 8.90. The molecule has 0 aliphatic carbocycles. The van der Waals surface area contributed by atoms with Crippen LogP contribution in [0.4, 0.5) is 15.8 Å². The molecule has 0 fully saturated rings. The Morgan fingerprint density at radius 3 is 2.68 bits per heavy atom. The van der Waals surface area contributed by atoms with Crippen LogP contribution in [0.1, 0.15) is 19.4 Å². The third kappa shape index (κ3) is 3.41. The van der Waals surface area contributed by atoms with E-state index in [9.17, 15) is 14.5 Å². The van der Waals surface area contributed by atoms with Crippen LogP contribution in [0.25, 0.3) is 0 Å². The van der Waals surface area contributed by atoms with Gasteiger partial charge in [-0.25, -0.2) is 4.39 Å². The highest BCUT2D eigenvalue weighted by Crippen LogP contribution is 2.31. The summed E-state index contributed by atoms with van der Waals surface area (Å²) >= 11 is 0. The highest BCUT2D eigenvalue weighted by Gasteiger charge is 2.22. The van der Waals surface area contributed by atoms with Gasteiger partial charge in [-0.2, -0.15) is 5.26 Å². The Hall–Kier alpha value is -2.16. The van der Waals surface area contributed by atoms with Crippen molar-refractivity contribution in [3.63, 3.8) is 0 Å². The molecule has 102 valence electrons. The topological polar surface area (TPSA) is 70.2 Å². The SMILES string of the molecule is CCN(CC(C)C#N)c1cc(C)c(F)cc1[N+](=O)[O-]. The van der Waals surface area contributed by atoms with E-state index in [1.54, 1.807) is 18.7 Å². The second-order valence-corrected chi connectivity index (χ2v) is 4.42. The molecule has 0 aliphatic heterocycles. The van der Waals surface area contributed by atoms with Gasteiger partial charge in [-0.15, -0.1) is 0 Å². The van der Waals surface area contributed by atoms with Crippen molar-refractivity contribution in [2.45, 2.75) is 20.8 Å². The molecule has 1 rings (SSSR count). The molecule has 0 aromatic heterocycles. The second-order valence-electron chi connectivity index (χ2n) is 4.42. The van der Waals surface area contributed by atoms with Gasteiger partial charge in [-0.3, -0.25) is 10.1 Å². The molecule has 0 amide bonds. The first-order valence-corrected chi connectivity index (χ1v) is 5.99. The standard InChI is InChI=1S/C13H16FN3O2/c1-4-16(8-9(2)7-15)12-5-10(3)11(14)6-13(12)17(18)19/h5-6,9H,4,8H2,1-3H3. The minimum Gasteiger partial charge on any atom is -0.365 e. The van der Waals surface area contributed by atoms with Gasteiger partial charge < -0.3 is 4.90 Å². The van der Waals surface area contributed by atoms with Crippen molar-refractivity contribution in [3.8, 4) is 6.07 Å². The maximum Gasteiger partial charge on any atom is 0.295 e. The van der Waals surface area contributed by atoms with E-state index in [0.29, 0.717) is 24.3 Å². The molecular weight excluding hydrogens is 249 g/mol. The van der Waals surface area contributed by atoms with Gasteiger partial charge in [0.2, 0.25) is 0 Å². The largest absolute Gasteiger partial charge is 0.365 e. The summed E-state index contributed by atoms with van der Waals surface area (Å²) in [5.41, 5.74) is 0.437. The van der Waals surface area contributed by atoms with Crippen molar-refractivity contribution in [2.75, 3.05) is 18.0 Å². The van der Waals surface area contributed by atoms with E-state index in [0.717, 1.165) is 6.07 Å². The van der Waals surface area contributed by atoms with Gasteiger partial charge >= 0.3 is 0 Å². The number of hydrogen-bond donors (Lipinski definition) is 0. The summed E-state index contributed by atoms with van der Waals surface area (Å²) in [4.78, 5) is 12.1. The van der Waals surface area contributed by atoms with Crippen molar-refractivity contribution in [2.24, 2.45) is 5.92 Å². The predicted octanol–water partition coefficient (Wildman–Crippen LogP) is 3.03. The van der Waals surface area contributed by atoms with Gasteiger partial charge in [0.05, 0.1) is 23.0 Å². The summed E-state index contributed by atoms with van der Waals surface area (Å²) in [6, 6.07) is 4.48. The lowest BCUT2D eigenvalue weighted by Gasteiger charge is -2.24. The van der Waals surface area contributed by atoms with Crippen LogP contribution in [0.2, 0.25) is 0 Å². The molecule has 0 N–H and O–H groups in total. The van der Waals surface area contributed by atoms with Crippen LogP contribution >= 0.6 is 0 Å². The van der Waals surface area contributed by atoms with Gasteiger partial charge in [0, 0.05) is 13.1 Å². The summed E-state index contributed by atoms with van der Waals surface area (Å²) in [5.74, 6) is -0.857. The molecule has 19 heavy (non-hydrogen) atoms. The normalized spacial score (nSPS) is 11.7. The summed E-state index contributed by atoms with van der Waals surface area (Å²) < 4.78 is 13.4. The smallest absolute Gasteiger partial charge is 0.295 e. The van der Waals surface area contributed by atoms with Crippen molar-refractivity contribution >= 4 is 11.4 Å². The summed E-state index contributed by atoms with van der Waals surface area (Å²) in [5, 5.41) is 19.8. The molecule has 1 unspecified atom stereocenters. The van der Waals surface area contributed by atoms with E-state index in [1.807, 2.05) is 6.92 Å². The average Bonchev–Trinajstić information content (AvgIpc) is 2.38. The van der Waals surface area contributed by atoms with Crippen LogP contribution in [-0.4, -0.2) is 18.0 Å². The predicted molar refractivity (Wildman–Crippen MR) is 70.5 cm³/mol. The number of hydrogen-bond acceptors (Lipinski definition) is 4.